The first-order valence-electron chi connectivity index (χ1n) is 4.37. The van der Waals surface area contributed by atoms with Crippen LogP contribution in [0, 0.1) is 0 Å². The van der Waals surface area contributed by atoms with E-state index in [1.807, 2.05) is 0 Å². The predicted octanol–water partition coefficient (Wildman–Crippen LogP) is 0.778. The molecule has 0 N–H and O–H groups in total. The van der Waals surface area contributed by atoms with Gasteiger partial charge < -0.3 is 9.47 Å². The van der Waals surface area contributed by atoms with Crippen LogP contribution in [0.5, 0.6) is 0 Å². The van der Waals surface area contributed by atoms with Crippen LogP contribution in [0.1, 0.15) is 0 Å². The quantitative estimate of drug-likeness (QED) is 0.433. The Kier molecular flexibility index (Phi) is 17.9. The number of esters is 2. The highest BCUT2D eigenvalue weighted by Gasteiger charge is 1.94. The Bertz CT molecular complexity index is 169. The molecule has 0 amide bonds. The zero-order valence-corrected chi connectivity index (χ0v) is 12.2. The Balaban J connectivity index is 0. The van der Waals surface area contributed by atoms with Crippen LogP contribution in [0.3, 0.4) is 0 Å². The lowest BCUT2D eigenvalue weighted by Gasteiger charge is -1.96. The summed E-state index contributed by atoms with van der Waals surface area (Å²) in [5.41, 5.74) is 0. The minimum absolute atomic E-state index is 0.147. The van der Waals surface area contributed by atoms with Crippen molar-refractivity contribution in [2.75, 3.05) is 36.2 Å². The average molecular weight is 304 g/mol. The van der Waals surface area contributed by atoms with E-state index in [4.69, 9.17) is 0 Å². The van der Waals surface area contributed by atoms with Gasteiger partial charge in [-0.2, -0.15) is 50.5 Å². The molecule has 4 nitrogen and oxygen atoms in total. The van der Waals surface area contributed by atoms with Gasteiger partial charge in [0.05, 0.1) is 11.5 Å². The second kappa shape index (κ2) is 15.3. The summed E-state index contributed by atoms with van der Waals surface area (Å²) in [6.07, 6.45) is 0. The molecule has 0 heterocycles. The van der Waals surface area contributed by atoms with Crippen LogP contribution in [0.15, 0.2) is 0 Å². The smallest absolute Gasteiger partial charge is 0.315 e. The first-order valence-corrected chi connectivity index (χ1v) is 6.90. The van der Waals surface area contributed by atoms with Gasteiger partial charge in [0.15, 0.2) is 0 Å². The summed E-state index contributed by atoms with van der Waals surface area (Å²) in [6, 6.07) is 0. The molecule has 0 aliphatic heterocycles. The predicted molar refractivity (Wildman–Crippen MR) is 77.3 cm³/mol. The van der Waals surface area contributed by atoms with Gasteiger partial charge in [-0.05, 0) is 0 Å². The van der Waals surface area contributed by atoms with Crippen LogP contribution in [0.25, 0.3) is 0 Å². The molecule has 0 radical (unpaired) electrons. The van der Waals surface area contributed by atoms with E-state index < -0.39 is 0 Å². The van der Waals surface area contributed by atoms with Crippen molar-refractivity contribution in [1.82, 2.24) is 0 Å². The summed E-state index contributed by atoms with van der Waals surface area (Å²) in [5, 5.41) is 0. The average Bonchev–Trinajstić information content (AvgIpc) is 2.33. The first-order chi connectivity index (χ1) is 7.62. The second-order valence-corrected chi connectivity index (χ2v) is 3.73. The number of hydrogen-bond acceptors (Lipinski definition) is 8. The number of rotatable bonds is 6. The highest BCUT2D eigenvalue weighted by atomic mass is 32.1. The lowest BCUT2D eigenvalue weighted by Crippen LogP contribution is -2.07. The van der Waals surface area contributed by atoms with Crippen LogP contribution < -0.4 is 0 Å². The van der Waals surface area contributed by atoms with Gasteiger partial charge in [-0.15, -0.1) is 0 Å². The summed E-state index contributed by atoms with van der Waals surface area (Å²) >= 11 is 15.0. The minimum atomic E-state index is -0.289. The lowest BCUT2D eigenvalue weighted by atomic mass is 10.8. The molecule has 0 unspecified atom stereocenters. The maximum absolute atomic E-state index is 10.2. The zero-order valence-electron chi connectivity index (χ0n) is 8.66. The molecule has 0 aliphatic rings. The fourth-order valence-corrected chi connectivity index (χ4v) is 0.775. The van der Waals surface area contributed by atoms with Crippen LogP contribution in [0.2, 0.25) is 0 Å². The van der Waals surface area contributed by atoms with Crippen molar-refractivity contribution < 1.29 is 19.1 Å². The van der Waals surface area contributed by atoms with Crippen molar-refractivity contribution >= 4 is 62.5 Å². The normalized spacial score (nSPS) is 8.75. The van der Waals surface area contributed by atoms with Gasteiger partial charge >= 0.3 is 11.9 Å². The third-order valence-electron chi connectivity index (χ3n) is 0.967. The van der Waals surface area contributed by atoms with Gasteiger partial charge in [-0.1, -0.05) is 0 Å². The highest BCUT2D eigenvalue weighted by Crippen LogP contribution is 1.83. The lowest BCUT2D eigenvalue weighted by molar-refractivity contribution is -0.140. The number of ether oxygens (including phenoxy) is 2. The van der Waals surface area contributed by atoms with Gasteiger partial charge in [0.1, 0.15) is 13.2 Å². The Morgan fingerprint density at radius 3 is 1.25 bits per heavy atom. The molecule has 0 atom stereocenters. The van der Waals surface area contributed by atoms with Crippen molar-refractivity contribution in [3.8, 4) is 0 Å². The zero-order chi connectivity index (χ0) is 12.8. The Morgan fingerprint density at radius 2 is 1.06 bits per heavy atom. The SMILES string of the molecule is O=C(CS)OCCS.O=C(CS)OCCS. The van der Waals surface area contributed by atoms with Gasteiger partial charge in [-0.25, -0.2) is 0 Å². The molecule has 0 aromatic heterocycles. The summed E-state index contributed by atoms with van der Waals surface area (Å²) < 4.78 is 9.10. The maximum atomic E-state index is 10.2. The molecule has 0 aromatic carbocycles. The van der Waals surface area contributed by atoms with Crippen molar-refractivity contribution in [3.05, 3.63) is 0 Å². The molecule has 8 heteroatoms. The van der Waals surface area contributed by atoms with Crippen LogP contribution in [-0.2, 0) is 19.1 Å². The molecule has 96 valence electrons. The molecule has 0 saturated heterocycles. The molecule has 0 aromatic rings. The number of carbonyl (C=O) groups is 2. The second-order valence-electron chi connectivity index (χ2n) is 2.20. The number of hydrogen-bond donors (Lipinski definition) is 4. The van der Waals surface area contributed by atoms with Gasteiger partial charge in [-0.3, -0.25) is 9.59 Å². The molecule has 0 bridgehead atoms. The molecule has 0 spiro atoms. The molecule has 0 saturated carbocycles. The Hall–Kier alpha value is 0.340. The van der Waals surface area contributed by atoms with E-state index in [9.17, 15) is 9.59 Å². The standard InChI is InChI=1S/2C4H8O2S2/c2*5-4(3-8)6-1-2-7/h2*7-8H,1-3H2. The third-order valence-corrected chi connectivity index (χ3v) is 1.85. The fraction of sp³-hybridized carbons (Fsp3) is 0.750. The van der Waals surface area contributed by atoms with E-state index in [1.54, 1.807) is 0 Å². The van der Waals surface area contributed by atoms with Crippen LogP contribution in [-0.4, -0.2) is 48.2 Å². The van der Waals surface area contributed by atoms with Crippen molar-refractivity contribution in [2.24, 2.45) is 0 Å². The molecular weight excluding hydrogens is 288 g/mol. The van der Waals surface area contributed by atoms with Crippen molar-refractivity contribution in [3.63, 3.8) is 0 Å². The summed E-state index contributed by atoms with van der Waals surface area (Å²) in [6.45, 7) is 0.755. The molecule has 0 aliphatic carbocycles. The van der Waals surface area contributed by atoms with E-state index in [1.165, 1.54) is 0 Å². The summed E-state index contributed by atoms with van der Waals surface area (Å²) in [4.78, 5) is 20.5. The van der Waals surface area contributed by atoms with Crippen LogP contribution >= 0.6 is 50.5 Å². The highest BCUT2D eigenvalue weighted by molar-refractivity contribution is 7.81. The largest absolute Gasteiger partial charge is 0.464 e. The molecule has 16 heavy (non-hydrogen) atoms. The number of thiol groups is 4. The van der Waals surface area contributed by atoms with Crippen molar-refractivity contribution in [2.45, 2.75) is 0 Å². The third kappa shape index (κ3) is 16.8. The fourth-order valence-electron chi connectivity index (χ4n) is 0.410. The number of carbonyl (C=O) groups excluding carboxylic acids is 2. The van der Waals surface area contributed by atoms with E-state index in [0.717, 1.165) is 0 Å². The van der Waals surface area contributed by atoms with E-state index >= 15 is 0 Å². The molecule has 0 fully saturated rings. The Morgan fingerprint density at radius 1 is 0.750 bits per heavy atom. The molecular formula is C8H16O4S4. The summed E-state index contributed by atoms with van der Waals surface area (Å²) in [5.74, 6) is 0.852. The van der Waals surface area contributed by atoms with E-state index in [0.29, 0.717) is 24.7 Å². The van der Waals surface area contributed by atoms with Gasteiger partial charge in [0.25, 0.3) is 0 Å². The summed E-state index contributed by atoms with van der Waals surface area (Å²) in [7, 11) is 0. The topological polar surface area (TPSA) is 52.6 Å². The van der Waals surface area contributed by atoms with Crippen LogP contribution in [0.4, 0.5) is 0 Å². The van der Waals surface area contributed by atoms with Gasteiger partial charge in [0, 0.05) is 11.5 Å². The maximum Gasteiger partial charge on any atom is 0.315 e. The monoisotopic (exact) mass is 304 g/mol. The van der Waals surface area contributed by atoms with Gasteiger partial charge in [0.2, 0.25) is 0 Å². The minimum Gasteiger partial charge on any atom is -0.464 e. The van der Waals surface area contributed by atoms with E-state index in [2.05, 4.69) is 60.0 Å². The Labute approximate surface area is 117 Å². The van der Waals surface area contributed by atoms with Crippen molar-refractivity contribution in [1.29, 1.82) is 0 Å². The van der Waals surface area contributed by atoms with E-state index in [-0.39, 0.29) is 23.4 Å². The molecule has 0 rings (SSSR count). The first kappa shape index (κ1) is 18.7.